The van der Waals surface area contributed by atoms with Gasteiger partial charge in [0, 0.05) is 35.8 Å². The fourth-order valence-electron chi connectivity index (χ4n) is 7.47. The van der Waals surface area contributed by atoms with E-state index in [1.54, 1.807) is 16.3 Å². The number of aromatic nitrogens is 4. The van der Waals surface area contributed by atoms with Crippen LogP contribution in [0.2, 0.25) is 0 Å². The average molecular weight is 585 g/mol. The van der Waals surface area contributed by atoms with Gasteiger partial charge >= 0.3 is 6.09 Å². The number of pyridine rings is 2. The van der Waals surface area contributed by atoms with Crippen molar-refractivity contribution >= 4 is 28.6 Å². The monoisotopic (exact) mass is 584 g/mol. The summed E-state index contributed by atoms with van der Waals surface area (Å²) in [4.78, 5) is 34.5. The van der Waals surface area contributed by atoms with Crippen LogP contribution >= 0.6 is 0 Å². The molecule has 0 spiro atoms. The molecule has 1 saturated heterocycles. The molecule has 3 unspecified atom stereocenters. The molecule has 4 aromatic rings. The highest BCUT2D eigenvalue weighted by Crippen LogP contribution is 2.44. The fraction of sp³-hybridized carbons (Fsp3) is 0.515. The van der Waals surface area contributed by atoms with Gasteiger partial charge in [0.15, 0.2) is 0 Å². The molecule has 2 N–H and O–H groups in total. The molecular formula is C33H40N6O4. The van der Waals surface area contributed by atoms with E-state index in [1.807, 2.05) is 56.1 Å². The molecule has 0 aromatic carbocycles. The van der Waals surface area contributed by atoms with Crippen molar-refractivity contribution in [3.05, 3.63) is 53.3 Å². The Morgan fingerprint density at radius 1 is 1.12 bits per heavy atom. The molecule has 7 rings (SSSR count). The molecule has 4 atom stereocenters. The van der Waals surface area contributed by atoms with Gasteiger partial charge in [0.25, 0.3) is 5.91 Å². The van der Waals surface area contributed by atoms with Crippen LogP contribution in [0.4, 0.5) is 4.79 Å². The van der Waals surface area contributed by atoms with E-state index in [0.717, 1.165) is 52.9 Å². The molecule has 10 heteroatoms. The van der Waals surface area contributed by atoms with Crippen LogP contribution in [0.15, 0.2) is 36.5 Å². The van der Waals surface area contributed by atoms with Gasteiger partial charge in [-0.05, 0) is 102 Å². The van der Waals surface area contributed by atoms with E-state index in [2.05, 4.69) is 17.6 Å². The van der Waals surface area contributed by atoms with Gasteiger partial charge in [-0.25, -0.2) is 14.3 Å². The van der Waals surface area contributed by atoms with E-state index < -0.39 is 17.7 Å². The Bertz CT molecular complexity index is 1760. The first-order valence-corrected chi connectivity index (χ1v) is 15.4. The zero-order valence-electron chi connectivity index (χ0n) is 25.5. The highest BCUT2D eigenvalue weighted by Gasteiger charge is 2.54. The minimum absolute atomic E-state index is 0.0780. The van der Waals surface area contributed by atoms with E-state index >= 15 is 0 Å². The van der Waals surface area contributed by atoms with Crippen molar-refractivity contribution in [3.8, 4) is 11.4 Å². The van der Waals surface area contributed by atoms with Gasteiger partial charge < -0.3 is 19.7 Å². The van der Waals surface area contributed by atoms with E-state index in [9.17, 15) is 19.8 Å². The van der Waals surface area contributed by atoms with Crippen molar-refractivity contribution in [3.63, 3.8) is 0 Å². The number of likely N-dealkylation sites (tertiary alicyclic amines) is 1. The Morgan fingerprint density at radius 3 is 2.56 bits per heavy atom. The standard InChI is InChI=1S/C33H40N6O4/c1-18-25-12-10-23(31(41)37-16-22-9-13-26(37)29(22)39(32(42)43)33(3,4)5)17-38(25)35-28(18)27-14-21-8-11-24(19(2)40)34-30(21)36(27)15-20-6-7-20/h8,10-12,14,17,19-20,22,26,29,40H,6-7,9,13,15-16H2,1-5H3,(H,42,43)/t19?,22?,26?,29-/m1/s1. The highest BCUT2D eigenvalue weighted by molar-refractivity contribution is 5.95. The third kappa shape index (κ3) is 4.58. The van der Waals surface area contributed by atoms with Crippen LogP contribution in [-0.4, -0.2) is 75.3 Å². The van der Waals surface area contributed by atoms with Crippen LogP contribution in [0, 0.1) is 18.8 Å². The van der Waals surface area contributed by atoms with Crippen LogP contribution in [-0.2, 0) is 6.54 Å². The molecule has 4 aromatic heterocycles. The fourth-order valence-corrected chi connectivity index (χ4v) is 7.47. The SMILES string of the molecule is Cc1c(-c2cc3ccc(C(C)O)nc3n2CC2CC2)nn2cc(C(=O)N3CC4CCC3[C@@H]4N(C(=O)O)C(C)(C)C)ccc12. The Balaban J connectivity index is 1.23. The van der Waals surface area contributed by atoms with Crippen molar-refractivity contribution in [2.24, 2.45) is 11.8 Å². The topological polar surface area (TPSA) is 116 Å². The number of fused-ring (bicyclic) bond motifs is 4. The van der Waals surface area contributed by atoms with Crippen molar-refractivity contribution in [2.45, 2.75) is 90.6 Å². The number of aliphatic hydroxyl groups excluding tert-OH is 1. The number of rotatable bonds is 6. The second kappa shape index (κ2) is 9.80. The number of aliphatic hydroxyl groups is 1. The number of hydrogen-bond donors (Lipinski definition) is 2. The van der Waals surface area contributed by atoms with E-state index in [4.69, 9.17) is 10.1 Å². The minimum Gasteiger partial charge on any atom is -0.465 e. The van der Waals surface area contributed by atoms with Gasteiger partial charge in [-0.1, -0.05) is 0 Å². The van der Waals surface area contributed by atoms with E-state index in [1.165, 1.54) is 12.8 Å². The molecule has 2 amide bonds. The number of nitrogens with zero attached hydrogens (tertiary/aromatic N) is 6. The lowest BCUT2D eigenvalue weighted by Crippen LogP contribution is -2.55. The summed E-state index contributed by atoms with van der Waals surface area (Å²) in [5, 5.41) is 26.2. The summed E-state index contributed by atoms with van der Waals surface area (Å²) in [6.07, 6.45) is 4.37. The molecule has 1 aliphatic heterocycles. The molecule has 43 heavy (non-hydrogen) atoms. The quantitative estimate of drug-likeness (QED) is 0.309. The lowest BCUT2D eigenvalue weighted by molar-refractivity contribution is 0.0503. The summed E-state index contributed by atoms with van der Waals surface area (Å²) in [6.45, 7) is 11.0. The maximum absolute atomic E-state index is 13.9. The largest absolute Gasteiger partial charge is 0.465 e. The first-order chi connectivity index (χ1) is 20.4. The Hall–Kier alpha value is -3.92. The van der Waals surface area contributed by atoms with Gasteiger partial charge in [0.05, 0.1) is 40.7 Å². The van der Waals surface area contributed by atoms with Crippen molar-refractivity contribution in [1.82, 2.24) is 29.0 Å². The number of piperidine rings is 1. The second-order valence-corrected chi connectivity index (χ2v) is 13.8. The molecule has 226 valence electrons. The Labute approximate surface area is 250 Å². The normalized spacial score (nSPS) is 22.6. The molecule has 2 bridgehead atoms. The number of carbonyl (C=O) groups is 2. The lowest BCUT2D eigenvalue weighted by atomic mass is 9.98. The Kier molecular flexibility index (Phi) is 6.36. The maximum atomic E-state index is 13.9. The van der Waals surface area contributed by atoms with Gasteiger partial charge in [0.1, 0.15) is 11.3 Å². The van der Waals surface area contributed by atoms with Gasteiger partial charge in [-0.15, -0.1) is 0 Å². The summed E-state index contributed by atoms with van der Waals surface area (Å²) in [7, 11) is 0. The second-order valence-electron chi connectivity index (χ2n) is 13.8. The summed E-state index contributed by atoms with van der Waals surface area (Å²) in [5.41, 5.74) is 5.30. The lowest BCUT2D eigenvalue weighted by Gasteiger charge is -2.40. The first-order valence-electron chi connectivity index (χ1n) is 15.4. The van der Waals surface area contributed by atoms with E-state index in [-0.39, 0.29) is 23.9 Å². The first kappa shape index (κ1) is 27.9. The number of carboxylic acid groups (broad SMARTS) is 1. The maximum Gasteiger partial charge on any atom is 0.408 e. The highest BCUT2D eigenvalue weighted by atomic mass is 16.4. The minimum atomic E-state index is -0.930. The zero-order valence-corrected chi connectivity index (χ0v) is 25.5. The van der Waals surface area contributed by atoms with Gasteiger partial charge in [-0.2, -0.15) is 5.10 Å². The van der Waals surface area contributed by atoms with Crippen LogP contribution in [0.5, 0.6) is 0 Å². The molecule has 3 aliphatic rings. The number of amides is 2. The predicted molar refractivity (Wildman–Crippen MR) is 163 cm³/mol. The average Bonchev–Trinajstić information content (AvgIpc) is 3.28. The predicted octanol–water partition coefficient (Wildman–Crippen LogP) is 5.50. The smallest absolute Gasteiger partial charge is 0.408 e. The molecule has 2 aliphatic carbocycles. The number of hydrogen-bond acceptors (Lipinski definition) is 5. The summed E-state index contributed by atoms with van der Waals surface area (Å²) in [5.74, 6) is 0.677. The van der Waals surface area contributed by atoms with Gasteiger partial charge in [0.2, 0.25) is 0 Å². The third-order valence-corrected chi connectivity index (χ3v) is 9.73. The molecule has 10 nitrogen and oxygen atoms in total. The number of carbonyl (C=O) groups excluding carboxylic acids is 1. The summed E-state index contributed by atoms with van der Waals surface area (Å²) in [6, 6.07) is 9.52. The van der Waals surface area contributed by atoms with E-state index in [0.29, 0.717) is 23.7 Å². The van der Waals surface area contributed by atoms with Crippen molar-refractivity contribution in [1.29, 1.82) is 0 Å². The summed E-state index contributed by atoms with van der Waals surface area (Å²) >= 11 is 0. The Morgan fingerprint density at radius 2 is 1.88 bits per heavy atom. The molecule has 5 heterocycles. The van der Waals surface area contributed by atoms with Gasteiger partial charge in [-0.3, -0.25) is 9.69 Å². The van der Waals surface area contributed by atoms with Crippen LogP contribution in [0.1, 0.15) is 81.1 Å². The number of aryl methyl sites for hydroxylation is 1. The molecule has 3 fully saturated rings. The summed E-state index contributed by atoms with van der Waals surface area (Å²) < 4.78 is 4.04. The molecule has 2 saturated carbocycles. The third-order valence-electron chi connectivity index (χ3n) is 9.73. The van der Waals surface area contributed by atoms with Crippen LogP contribution < -0.4 is 0 Å². The van der Waals surface area contributed by atoms with Crippen LogP contribution in [0.25, 0.3) is 27.9 Å². The zero-order chi connectivity index (χ0) is 30.4. The van der Waals surface area contributed by atoms with Crippen molar-refractivity contribution in [2.75, 3.05) is 6.54 Å². The molecule has 0 radical (unpaired) electrons. The van der Waals surface area contributed by atoms with Crippen molar-refractivity contribution < 1.29 is 19.8 Å². The molecular weight excluding hydrogens is 544 g/mol. The van der Waals surface area contributed by atoms with Crippen LogP contribution in [0.3, 0.4) is 0 Å².